The molecular weight excluding hydrogens is 266 g/mol. The lowest BCUT2D eigenvalue weighted by atomic mass is 9.97. The number of benzene rings is 1. The van der Waals surface area contributed by atoms with Crippen LogP contribution in [0.5, 0.6) is 11.5 Å². The number of methoxy groups -OCH3 is 1. The molecule has 116 valence electrons. The molecule has 0 aromatic heterocycles. The normalized spacial score (nSPS) is 20.7. The molecule has 3 rings (SSSR count). The molecule has 0 saturated heterocycles. The van der Waals surface area contributed by atoms with Gasteiger partial charge in [0, 0.05) is 13.5 Å². The van der Waals surface area contributed by atoms with Crippen LogP contribution in [-0.4, -0.2) is 33.0 Å². The van der Waals surface area contributed by atoms with Crippen molar-refractivity contribution in [3.05, 3.63) is 23.8 Å². The molecule has 1 aliphatic carbocycles. The van der Waals surface area contributed by atoms with Crippen LogP contribution in [-0.2, 0) is 4.74 Å². The van der Waals surface area contributed by atoms with Gasteiger partial charge in [0.25, 0.3) is 0 Å². The molecule has 1 aliphatic heterocycles. The van der Waals surface area contributed by atoms with Gasteiger partial charge in [0.15, 0.2) is 11.5 Å². The van der Waals surface area contributed by atoms with Gasteiger partial charge >= 0.3 is 0 Å². The zero-order valence-corrected chi connectivity index (χ0v) is 12.9. The van der Waals surface area contributed by atoms with Crippen molar-refractivity contribution >= 4 is 0 Å². The standard InChI is InChI=1S/C17H25NO3/c1-3-18-16(17(19-2)12-5-6-12)13-7-8-14-15(11-13)21-10-4-9-20-14/h7-8,11-12,16-18H,3-6,9-10H2,1-2H3. The van der Waals surface area contributed by atoms with E-state index in [0.29, 0.717) is 5.92 Å². The van der Waals surface area contributed by atoms with Gasteiger partial charge in [-0.3, -0.25) is 0 Å². The number of ether oxygens (including phenoxy) is 3. The van der Waals surface area contributed by atoms with Gasteiger partial charge in [0.05, 0.1) is 25.4 Å². The van der Waals surface area contributed by atoms with E-state index >= 15 is 0 Å². The smallest absolute Gasteiger partial charge is 0.161 e. The number of likely N-dealkylation sites (N-methyl/N-ethyl adjacent to an activating group) is 1. The second-order valence-electron chi connectivity index (χ2n) is 5.83. The summed E-state index contributed by atoms with van der Waals surface area (Å²) >= 11 is 0. The van der Waals surface area contributed by atoms with Crippen LogP contribution >= 0.6 is 0 Å². The average Bonchev–Trinajstić information content (AvgIpc) is 3.33. The van der Waals surface area contributed by atoms with Gasteiger partial charge < -0.3 is 19.5 Å². The van der Waals surface area contributed by atoms with Crippen LogP contribution in [0.3, 0.4) is 0 Å². The van der Waals surface area contributed by atoms with Crippen LogP contribution in [0.1, 0.15) is 37.8 Å². The van der Waals surface area contributed by atoms with E-state index < -0.39 is 0 Å². The fourth-order valence-electron chi connectivity index (χ4n) is 3.04. The predicted molar refractivity (Wildman–Crippen MR) is 82.0 cm³/mol. The maximum absolute atomic E-state index is 5.81. The Morgan fingerprint density at radius 1 is 1.24 bits per heavy atom. The Hall–Kier alpha value is -1.26. The summed E-state index contributed by atoms with van der Waals surface area (Å²) in [6, 6.07) is 6.49. The molecule has 0 spiro atoms. The van der Waals surface area contributed by atoms with Crippen molar-refractivity contribution in [2.45, 2.75) is 38.3 Å². The Labute approximate surface area is 126 Å². The molecule has 0 radical (unpaired) electrons. The Balaban J connectivity index is 1.86. The first-order valence-corrected chi connectivity index (χ1v) is 7.99. The molecule has 2 atom stereocenters. The van der Waals surface area contributed by atoms with E-state index in [2.05, 4.69) is 24.4 Å². The first kappa shape index (κ1) is 14.7. The second-order valence-corrected chi connectivity index (χ2v) is 5.83. The summed E-state index contributed by atoms with van der Waals surface area (Å²) < 4.78 is 17.3. The SMILES string of the molecule is CCNC(c1ccc2c(c1)OCCCO2)C(OC)C1CC1. The summed E-state index contributed by atoms with van der Waals surface area (Å²) in [5, 5.41) is 3.57. The largest absolute Gasteiger partial charge is 0.490 e. The highest BCUT2D eigenvalue weighted by molar-refractivity contribution is 5.44. The van der Waals surface area contributed by atoms with Crippen molar-refractivity contribution in [1.82, 2.24) is 5.32 Å². The third-order valence-electron chi connectivity index (χ3n) is 4.24. The minimum Gasteiger partial charge on any atom is -0.490 e. The second kappa shape index (κ2) is 6.67. The monoisotopic (exact) mass is 291 g/mol. The van der Waals surface area contributed by atoms with Gasteiger partial charge in [0.2, 0.25) is 0 Å². The van der Waals surface area contributed by atoms with Gasteiger partial charge in [0.1, 0.15) is 0 Å². The van der Waals surface area contributed by atoms with E-state index in [-0.39, 0.29) is 12.1 Å². The Bertz CT molecular complexity index is 473. The Morgan fingerprint density at radius 3 is 2.67 bits per heavy atom. The number of hydrogen-bond donors (Lipinski definition) is 1. The molecule has 2 unspecified atom stereocenters. The minimum absolute atomic E-state index is 0.213. The van der Waals surface area contributed by atoms with E-state index in [1.165, 1.54) is 18.4 Å². The van der Waals surface area contributed by atoms with Gasteiger partial charge in [-0.15, -0.1) is 0 Å². The molecule has 4 heteroatoms. The summed E-state index contributed by atoms with van der Waals surface area (Å²) in [4.78, 5) is 0. The fraction of sp³-hybridized carbons (Fsp3) is 0.647. The van der Waals surface area contributed by atoms with E-state index in [4.69, 9.17) is 14.2 Å². The lowest BCUT2D eigenvalue weighted by Crippen LogP contribution is -2.34. The molecule has 1 saturated carbocycles. The van der Waals surface area contributed by atoms with E-state index in [9.17, 15) is 0 Å². The van der Waals surface area contributed by atoms with Gasteiger partial charge in [-0.05, 0) is 43.0 Å². The zero-order valence-electron chi connectivity index (χ0n) is 12.9. The molecular formula is C17H25NO3. The maximum atomic E-state index is 5.81. The van der Waals surface area contributed by atoms with E-state index in [1.807, 2.05) is 13.2 Å². The van der Waals surface area contributed by atoms with Gasteiger partial charge in [-0.25, -0.2) is 0 Å². The lowest BCUT2D eigenvalue weighted by Gasteiger charge is -2.27. The summed E-state index contributed by atoms with van der Waals surface area (Å²) in [7, 11) is 1.82. The van der Waals surface area contributed by atoms with Gasteiger partial charge in [-0.2, -0.15) is 0 Å². The topological polar surface area (TPSA) is 39.7 Å². The number of hydrogen-bond acceptors (Lipinski definition) is 4. The maximum Gasteiger partial charge on any atom is 0.161 e. The van der Waals surface area contributed by atoms with E-state index in [0.717, 1.165) is 37.7 Å². The van der Waals surface area contributed by atoms with Crippen molar-refractivity contribution < 1.29 is 14.2 Å². The third kappa shape index (κ3) is 3.33. The zero-order chi connectivity index (χ0) is 14.7. The molecule has 0 amide bonds. The van der Waals surface area contributed by atoms with Crippen molar-refractivity contribution in [3.63, 3.8) is 0 Å². The van der Waals surface area contributed by atoms with Crippen LogP contribution < -0.4 is 14.8 Å². The predicted octanol–water partition coefficient (Wildman–Crippen LogP) is 2.92. The molecule has 1 N–H and O–H groups in total. The van der Waals surface area contributed by atoms with Crippen LogP contribution in [0.4, 0.5) is 0 Å². The first-order chi connectivity index (χ1) is 10.3. The van der Waals surface area contributed by atoms with Crippen molar-refractivity contribution in [2.24, 2.45) is 5.92 Å². The van der Waals surface area contributed by atoms with Crippen LogP contribution in [0.25, 0.3) is 0 Å². The van der Waals surface area contributed by atoms with Crippen LogP contribution in [0, 0.1) is 5.92 Å². The molecule has 2 aliphatic rings. The average molecular weight is 291 g/mol. The molecule has 1 aromatic carbocycles. The van der Waals surface area contributed by atoms with Crippen molar-refractivity contribution in [3.8, 4) is 11.5 Å². The highest BCUT2D eigenvalue weighted by Gasteiger charge is 2.37. The molecule has 4 nitrogen and oxygen atoms in total. The molecule has 0 bridgehead atoms. The lowest BCUT2D eigenvalue weighted by molar-refractivity contribution is 0.0511. The van der Waals surface area contributed by atoms with Crippen molar-refractivity contribution in [2.75, 3.05) is 26.9 Å². The summed E-state index contributed by atoms with van der Waals surface area (Å²) in [5.74, 6) is 2.39. The Morgan fingerprint density at radius 2 is 2.00 bits per heavy atom. The van der Waals surface area contributed by atoms with Crippen LogP contribution in [0.2, 0.25) is 0 Å². The number of fused-ring (bicyclic) bond motifs is 1. The molecule has 1 fully saturated rings. The molecule has 21 heavy (non-hydrogen) atoms. The third-order valence-corrected chi connectivity index (χ3v) is 4.24. The van der Waals surface area contributed by atoms with Crippen molar-refractivity contribution in [1.29, 1.82) is 0 Å². The quantitative estimate of drug-likeness (QED) is 0.875. The number of nitrogens with one attached hydrogen (secondary N) is 1. The summed E-state index contributed by atoms with van der Waals surface area (Å²) in [6.07, 6.45) is 3.70. The number of rotatable bonds is 6. The fourth-order valence-corrected chi connectivity index (χ4v) is 3.04. The Kier molecular flexibility index (Phi) is 4.66. The highest BCUT2D eigenvalue weighted by Crippen LogP contribution is 2.41. The summed E-state index contributed by atoms with van der Waals surface area (Å²) in [6.45, 7) is 4.51. The molecule has 1 aromatic rings. The highest BCUT2D eigenvalue weighted by atomic mass is 16.5. The minimum atomic E-state index is 0.213. The molecule has 1 heterocycles. The first-order valence-electron chi connectivity index (χ1n) is 7.99. The van der Waals surface area contributed by atoms with E-state index in [1.54, 1.807) is 0 Å². The van der Waals surface area contributed by atoms with Crippen LogP contribution in [0.15, 0.2) is 18.2 Å². The summed E-state index contributed by atoms with van der Waals surface area (Å²) in [5.41, 5.74) is 1.22. The van der Waals surface area contributed by atoms with Gasteiger partial charge in [-0.1, -0.05) is 13.0 Å².